The molecule has 2 aromatic heterocycles. The third kappa shape index (κ3) is 3.28. The van der Waals surface area contributed by atoms with E-state index >= 15 is 0 Å². The molecule has 1 aliphatic carbocycles. The average molecular weight is 470 g/mol. The zero-order chi connectivity index (χ0) is 21.8. The van der Waals surface area contributed by atoms with E-state index in [4.69, 9.17) is 16.3 Å². The van der Waals surface area contributed by atoms with Gasteiger partial charge in [-0.15, -0.1) is 21.5 Å². The number of nitrogens with zero attached hydrogens (tertiary/aromatic N) is 4. The highest BCUT2D eigenvalue weighted by Crippen LogP contribution is 2.46. The highest BCUT2D eigenvalue weighted by atomic mass is 35.5. The maximum Gasteiger partial charge on any atom is 0.226 e. The summed E-state index contributed by atoms with van der Waals surface area (Å²) < 4.78 is 7.61. The highest BCUT2D eigenvalue weighted by Gasteiger charge is 2.39. The lowest BCUT2D eigenvalue weighted by atomic mass is 9.94. The van der Waals surface area contributed by atoms with Crippen molar-refractivity contribution in [1.82, 2.24) is 25.0 Å². The number of amides is 1. The summed E-state index contributed by atoms with van der Waals surface area (Å²) in [5.74, 6) is 2.08. The van der Waals surface area contributed by atoms with Gasteiger partial charge < -0.3 is 9.64 Å². The van der Waals surface area contributed by atoms with Gasteiger partial charge in [0.05, 0.1) is 25.8 Å². The Morgan fingerprint density at radius 1 is 1.19 bits per heavy atom. The Bertz CT molecular complexity index is 1180. The van der Waals surface area contributed by atoms with Gasteiger partial charge in [0.15, 0.2) is 5.82 Å². The molecule has 0 bridgehead atoms. The van der Waals surface area contributed by atoms with Gasteiger partial charge in [0.1, 0.15) is 10.8 Å². The predicted molar refractivity (Wildman–Crippen MR) is 122 cm³/mol. The van der Waals surface area contributed by atoms with E-state index in [1.807, 2.05) is 24.0 Å². The predicted octanol–water partition coefficient (Wildman–Crippen LogP) is 3.06. The summed E-state index contributed by atoms with van der Waals surface area (Å²) in [4.78, 5) is 16.5. The molecule has 0 spiro atoms. The fraction of sp³-hybridized carbons (Fsp3) is 0.435. The molecule has 9 heteroatoms. The van der Waals surface area contributed by atoms with E-state index in [0.29, 0.717) is 32.8 Å². The molecule has 0 radical (unpaired) electrons. The fourth-order valence-corrected chi connectivity index (χ4v) is 6.78. The van der Waals surface area contributed by atoms with Gasteiger partial charge in [-0.2, -0.15) is 0 Å². The number of nitrogens with one attached hydrogen (secondary N) is 1. The molecule has 2 atom stereocenters. The van der Waals surface area contributed by atoms with E-state index < -0.39 is 0 Å². The smallest absolute Gasteiger partial charge is 0.226 e. The van der Waals surface area contributed by atoms with E-state index in [-0.39, 0.29) is 17.9 Å². The summed E-state index contributed by atoms with van der Waals surface area (Å²) in [7, 11) is 0. The first-order valence-electron chi connectivity index (χ1n) is 11.0. The fourth-order valence-electron chi connectivity index (χ4n) is 5.14. The van der Waals surface area contributed by atoms with Crippen molar-refractivity contribution in [2.45, 2.75) is 32.4 Å². The van der Waals surface area contributed by atoms with Crippen LogP contribution in [0.1, 0.15) is 39.3 Å². The maximum atomic E-state index is 13.2. The van der Waals surface area contributed by atoms with Crippen LogP contribution in [0.4, 0.5) is 0 Å². The molecule has 1 saturated heterocycles. The van der Waals surface area contributed by atoms with Crippen molar-refractivity contribution in [3.05, 3.63) is 62.5 Å². The molecule has 1 aromatic carbocycles. The minimum absolute atomic E-state index is 0.00949. The number of carbonyl (C=O) groups excluding carboxylic acids is 1. The first-order valence-corrected chi connectivity index (χ1v) is 12.2. The summed E-state index contributed by atoms with van der Waals surface area (Å²) in [6.45, 7) is 5.28. The number of morpholine rings is 1. The van der Waals surface area contributed by atoms with Crippen molar-refractivity contribution < 1.29 is 9.53 Å². The molecule has 2 aliphatic heterocycles. The lowest BCUT2D eigenvalue weighted by Crippen LogP contribution is -2.44. The molecule has 166 valence electrons. The number of halogens is 1. The normalized spacial score (nSPS) is 22.2. The van der Waals surface area contributed by atoms with Crippen molar-refractivity contribution in [1.29, 1.82) is 0 Å². The van der Waals surface area contributed by atoms with Crippen LogP contribution in [0.3, 0.4) is 0 Å². The van der Waals surface area contributed by atoms with Gasteiger partial charge in [-0.25, -0.2) is 0 Å². The molecule has 1 N–H and O–H groups in total. The summed E-state index contributed by atoms with van der Waals surface area (Å²) in [6, 6.07) is 8.05. The number of fused-ring (bicyclic) bond motifs is 5. The number of hydrogen-bond donors (Lipinski definition) is 1. The van der Waals surface area contributed by atoms with Crippen molar-refractivity contribution in [3.8, 4) is 5.00 Å². The molecule has 7 nitrogen and oxygen atoms in total. The van der Waals surface area contributed by atoms with Crippen LogP contribution in [0.5, 0.6) is 0 Å². The van der Waals surface area contributed by atoms with Gasteiger partial charge >= 0.3 is 0 Å². The summed E-state index contributed by atoms with van der Waals surface area (Å²) in [6.07, 6.45) is 1.58. The van der Waals surface area contributed by atoms with Crippen LogP contribution in [0.2, 0.25) is 5.02 Å². The molecule has 1 fully saturated rings. The standard InChI is InChI=1S/C23H24ClN5O2S/c1-13-26-27-19-12-25-21(14-2-4-16(24)5-3-14)20-17-10-15(11-18(17)32-23(20)29(13)19)22(30)28-6-8-31-9-7-28/h2-5,15,21,25H,6-12H2,1H3. The van der Waals surface area contributed by atoms with Gasteiger partial charge in [0, 0.05) is 34.5 Å². The molecule has 3 aliphatic rings. The molecule has 1 amide bonds. The second-order valence-corrected chi connectivity index (χ2v) is 10.1. The van der Waals surface area contributed by atoms with Gasteiger partial charge in [-0.1, -0.05) is 23.7 Å². The average Bonchev–Trinajstić information content (AvgIpc) is 3.45. The van der Waals surface area contributed by atoms with Crippen LogP contribution in [0.15, 0.2) is 24.3 Å². The maximum absolute atomic E-state index is 13.2. The largest absolute Gasteiger partial charge is 0.378 e. The van der Waals surface area contributed by atoms with Crippen LogP contribution in [0.25, 0.3) is 5.00 Å². The van der Waals surface area contributed by atoms with Gasteiger partial charge in [-0.3, -0.25) is 14.7 Å². The lowest BCUT2D eigenvalue weighted by Gasteiger charge is -2.29. The second-order valence-electron chi connectivity index (χ2n) is 8.63. The van der Waals surface area contributed by atoms with Crippen LogP contribution in [-0.4, -0.2) is 51.9 Å². The monoisotopic (exact) mass is 469 g/mol. The Morgan fingerprint density at radius 3 is 2.75 bits per heavy atom. The Kier molecular flexibility index (Phi) is 5.06. The van der Waals surface area contributed by atoms with Gasteiger partial charge in [-0.05, 0) is 43.0 Å². The third-order valence-electron chi connectivity index (χ3n) is 6.72. The minimum atomic E-state index is 0.00949. The van der Waals surface area contributed by atoms with Crippen LogP contribution < -0.4 is 5.32 Å². The van der Waals surface area contributed by atoms with Crippen molar-refractivity contribution in [3.63, 3.8) is 0 Å². The second kappa shape index (κ2) is 7.95. The Balaban J connectivity index is 1.41. The molecule has 4 heterocycles. The minimum Gasteiger partial charge on any atom is -0.378 e. The number of rotatable bonds is 2. The SMILES string of the molecule is Cc1nnc2n1-c1sc3c(c1C(c1ccc(Cl)cc1)NC2)CC(C(=O)N1CCOCC1)C3. The van der Waals surface area contributed by atoms with Crippen molar-refractivity contribution in [2.24, 2.45) is 5.92 Å². The molecule has 32 heavy (non-hydrogen) atoms. The summed E-state index contributed by atoms with van der Waals surface area (Å²) >= 11 is 7.96. The highest BCUT2D eigenvalue weighted by molar-refractivity contribution is 7.15. The molecule has 3 aromatic rings. The van der Waals surface area contributed by atoms with E-state index in [0.717, 1.165) is 35.1 Å². The molecular weight excluding hydrogens is 446 g/mol. The number of benzene rings is 1. The number of aromatic nitrogens is 3. The lowest BCUT2D eigenvalue weighted by molar-refractivity contribution is -0.139. The van der Waals surface area contributed by atoms with E-state index in [1.165, 1.54) is 21.0 Å². The first-order chi connectivity index (χ1) is 15.6. The number of carbonyl (C=O) groups is 1. The molecule has 2 unspecified atom stereocenters. The zero-order valence-electron chi connectivity index (χ0n) is 17.8. The molecule has 6 rings (SSSR count). The number of hydrogen-bond acceptors (Lipinski definition) is 6. The Hall–Kier alpha value is -2.26. The number of thiophene rings is 1. The number of aryl methyl sites for hydroxylation is 1. The van der Waals surface area contributed by atoms with Gasteiger partial charge in [0.2, 0.25) is 5.91 Å². The van der Waals surface area contributed by atoms with Crippen LogP contribution in [0, 0.1) is 12.8 Å². The van der Waals surface area contributed by atoms with Gasteiger partial charge in [0.25, 0.3) is 0 Å². The Labute approximate surface area is 195 Å². The molecular formula is C23H24ClN5O2S. The summed E-state index contributed by atoms with van der Waals surface area (Å²) in [5.41, 5.74) is 3.73. The topological polar surface area (TPSA) is 72.3 Å². The van der Waals surface area contributed by atoms with E-state index in [9.17, 15) is 4.79 Å². The summed E-state index contributed by atoms with van der Waals surface area (Å²) in [5, 5.41) is 14.3. The van der Waals surface area contributed by atoms with Crippen molar-refractivity contribution >= 4 is 28.8 Å². The van der Waals surface area contributed by atoms with E-state index in [2.05, 4.69) is 32.2 Å². The van der Waals surface area contributed by atoms with Crippen LogP contribution in [-0.2, 0) is 28.9 Å². The third-order valence-corrected chi connectivity index (χ3v) is 8.22. The Morgan fingerprint density at radius 2 is 1.97 bits per heavy atom. The van der Waals surface area contributed by atoms with Crippen LogP contribution >= 0.6 is 22.9 Å². The first kappa shape index (κ1) is 20.4. The quantitative estimate of drug-likeness (QED) is 0.624. The zero-order valence-corrected chi connectivity index (χ0v) is 19.4. The number of ether oxygens (including phenoxy) is 1. The van der Waals surface area contributed by atoms with E-state index in [1.54, 1.807) is 11.3 Å². The molecule has 0 saturated carbocycles. The van der Waals surface area contributed by atoms with Crippen molar-refractivity contribution in [2.75, 3.05) is 26.3 Å².